The topological polar surface area (TPSA) is 78.0 Å². The number of aromatic amines is 1. The number of carboxylic acids is 1. The van der Waals surface area contributed by atoms with Crippen molar-refractivity contribution < 1.29 is 9.90 Å². The normalized spacial score (nSPS) is 17.9. The van der Waals surface area contributed by atoms with Gasteiger partial charge in [-0.25, -0.2) is 4.79 Å². The van der Waals surface area contributed by atoms with E-state index >= 15 is 0 Å². The summed E-state index contributed by atoms with van der Waals surface area (Å²) in [6.45, 7) is 3.63. The van der Waals surface area contributed by atoms with E-state index in [1.165, 1.54) is 0 Å². The Morgan fingerprint density at radius 1 is 1.47 bits per heavy atom. The van der Waals surface area contributed by atoms with Gasteiger partial charge in [0.15, 0.2) is 0 Å². The number of hydrogen-bond acceptors (Lipinski definition) is 3. The summed E-state index contributed by atoms with van der Waals surface area (Å²) < 4.78 is 0. The first-order chi connectivity index (χ1) is 7.20. The first kappa shape index (κ1) is 10.2. The molecule has 0 spiro atoms. The second-order valence-corrected chi connectivity index (χ2v) is 3.94. The Hall–Kier alpha value is -1.36. The smallest absolute Gasteiger partial charge is 0.339 e. The molecule has 0 aliphatic carbocycles. The number of piperidine rings is 1. The van der Waals surface area contributed by atoms with Gasteiger partial charge in [0.2, 0.25) is 0 Å². The summed E-state index contributed by atoms with van der Waals surface area (Å²) in [7, 11) is 0. The van der Waals surface area contributed by atoms with Gasteiger partial charge >= 0.3 is 5.97 Å². The highest BCUT2D eigenvalue weighted by Gasteiger charge is 2.25. The van der Waals surface area contributed by atoms with E-state index in [1.807, 2.05) is 0 Å². The third kappa shape index (κ3) is 1.87. The van der Waals surface area contributed by atoms with E-state index in [1.54, 1.807) is 6.92 Å². The van der Waals surface area contributed by atoms with Crippen LogP contribution in [-0.2, 0) is 0 Å². The van der Waals surface area contributed by atoms with E-state index in [2.05, 4.69) is 15.5 Å². The van der Waals surface area contributed by atoms with Crippen molar-refractivity contribution in [2.24, 2.45) is 0 Å². The molecule has 1 fully saturated rings. The lowest BCUT2D eigenvalue weighted by molar-refractivity contribution is 0.0694. The minimum absolute atomic E-state index is 0.280. The molecule has 3 N–H and O–H groups in total. The summed E-state index contributed by atoms with van der Waals surface area (Å²) in [5.74, 6) is -0.600. The lowest BCUT2D eigenvalue weighted by Gasteiger charge is -2.21. The summed E-state index contributed by atoms with van der Waals surface area (Å²) in [6, 6.07) is 0. The molecule has 5 heteroatoms. The number of aryl methyl sites for hydroxylation is 1. The summed E-state index contributed by atoms with van der Waals surface area (Å²) in [4.78, 5) is 11.1. The first-order valence-corrected chi connectivity index (χ1v) is 5.19. The van der Waals surface area contributed by atoms with Crippen molar-refractivity contribution >= 4 is 5.97 Å². The summed E-state index contributed by atoms with van der Waals surface area (Å²) in [6.07, 6.45) is 1.93. The Balaban J connectivity index is 2.30. The largest absolute Gasteiger partial charge is 0.478 e. The Morgan fingerprint density at radius 3 is 2.73 bits per heavy atom. The number of nitrogens with one attached hydrogen (secondary N) is 2. The van der Waals surface area contributed by atoms with Crippen LogP contribution in [-0.4, -0.2) is 34.4 Å². The number of aromatic carboxylic acids is 1. The van der Waals surface area contributed by atoms with Crippen LogP contribution < -0.4 is 5.32 Å². The number of aromatic nitrogens is 2. The molecule has 1 aromatic heterocycles. The molecule has 1 saturated heterocycles. The van der Waals surface area contributed by atoms with Gasteiger partial charge in [-0.2, -0.15) is 5.10 Å². The molecule has 2 heterocycles. The zero-order valence-corrected chi connectivity index (χ0v) is 8.71. The molecule has 0 amide bonds. The fourth-order valence-electron chi connectivity index (χ4n) is 2.11. The van der Waals surface area contributed by atoms with Crippen LogP contribution >= 0.6 is 0 Å². The van der Waals surface area contributed by atoms with Gasteiger partial charge in [-0.15, -0.1) is 0 Å². The number of nitrogens with zero attached hydrogens (tertiary/aromatic N) is 1. The molecule has 82 valence electrons. The van der Waals surface area contributed by atoms with Crippen molar-refractivity contribution in [2.45, 2.75) is 25.7 Å². The van der Waals surface area contributed by atoms with Crippen LogP contribution in [0.25, 0.3) is 0 Å². The average Bonchev–Trinajstić information content (AvgIpc) is 2.61. The minimum Gasteiger partial charge on any atom is -0.478 e. The molecule has 0 radical (unpaired) electrons. The van der Waals surface area contributed by atoms with Gasteiger partial charge in [-0.3, -0.25) is 5.10 Å². The Morgan fingerprint density at radius 2 is 2.13 bits per heavy atom. The molecule has 1 aliphatic heterocycles. The van der Waals surface area contributed by atoms with Crippen LogP contribution in [0.5, 0.6) is 0 Å². The fourth-order valence-corrected chi connectivity index (χ4v) is 2.11. The monoisotopic (exact) mass is 209 g/mol. The Labute approximate surface area is 87.9 Å². The van der Waals surface area contributed by atoms with Gasteiger partial charge in [0.05, 0.1) is 5.69 Å². The lowest BCUT2D eigenvalue weighted by Crippen LogP contribution is -2.27. The number of carbonyl (C=O) groups is 1. The third-order valence-corrected chi connectivity index (χ3v) is 2.91. The van der Waals surface area contributed by atoms with Crippen LogP contribution in [0.2, 0.25) is 0 Å². The maximum Gasteiger partial charge on any atom is 0.339 e. The molecular weight excluding hydrogens is 194 g/mol. The third-order valence-electron chi connectivity index (χ3n) is 2.91. The van der Waals surface area contributed by atoms with Gasteiger partial charge < -0.3 is 10.4 Å². The van der Waals surface area contributed by atoms with Crippen LogP contribution in [0, 0.1) is 6.92 Å². The van der Waals surface area contributed by atoms with Gasteiger partial charge in [0.25, 0.3) is 0 Å². The van der Waals surface area contributed by atoms with Crippen molar-refractivity contribution in [3.05, 3.63) is 17.0 Å². The number of H-pyrrole nitrogens is 1. The highest BCUT2D eigenvalue weighted by Crippen LogP contribution is 2.27. The second-order valence-electron chi connectivity index (χ2n) is 3.94. The molecule has 0 saturated carbocycles. The van der Waals surface area contributed by atoms with Crippen molar-refractivity contribution in [1.82, 2.24) is 15.5 Å². The zero-order chi connectivity index (χ0) is 10.8. The second kappa shape index (κ2) is 4.02. The number of carboxylic acid groups (broad SMARTS) is 1. The molecule has 0 atom stereocenters. The Kier molecular flexibility index (Phi) is 2.73. The maximum atomic E-state index is 11.1. The summed E-state index contributed by atoms with van der Waals surface area (Å²) in [5, 5.41) is 19.2. The van der Waals surface area contributed by atoms with Crippen molar-refractivity contribution in [3.63, 3.8) is 0 Å². The van der Waals surface area contributed by atoms with Crippen molar-refractivity contribution in [1.29, 1.82) is 0 Å². The van der Waals surface area contributed by atoms with E-state index in [-0.39, 0.29) is 5.92 Å². The molecular formula is C10H15N3O2. The quantitative estimate of drug-likeness (QED) is 0.675. The molecule has 1 aromatic rings. The van der Waals surface area contributed by atoms with Crippen LogP contribution in [0.1, 0.15) is 40.5 Å². The van der Waals surface area contributed by atoms with E-state index in [4.69, 9.17) is 5.11 Å². The van der Waals surface area contributed by atoms with Crippen LogP contribution in [0.15, 0.2) is 0 Å². The first-order valence-electron chi connectivity index (χ1n) is 5.19. The molecule has 2 rings (SSSR count). The molecule has 1 aliphatic rings. The molecule has 15 heavy (non-hydrogen) atoms. The van der Waals surface area contributed by atoms with Crippen LogP contribution in [0.4, 0.5) is 0 Å². The van der Waals surface area contributed by atoms with Crippen molar-refractivity contribution in [2.75, 3.05) is 13.1 Å². The van der Waals surface area contributed by atoms with Crippen LogP contribution in [0.3, 0.4) is 0 Å². The van der Waals surface area contributed by atoms with Crippen molar-refractivity contribution in [3.8, 4) is 0 Å². The highest BCUT2D eigenvalue weighted by atomic mass is 16.4. The summed E-state index contributed by atoms with van der Waals surface area (Å²) in [5.41, 5.74) is 1.74. The summed E-state index contributed by atoms with van der Waals surface area (Å²) >= 11 is 0. The van der Waals surface area contributed by atoms with Gasteiger partial charge in [0.1, 0.15) is 5.56 Å². The standard InChI is InChI=1S/C10H15N3O2/c1-6-8(10(14)15)9(13-12-6)7-2-4-11-5-3-7/h7,11H,2-5H2,1H3,(H,12,13)(H,14,15). The van der Waals surface area contributed by atoms with Gasteiger partial charge in [0, 0.05) is 11.6 Å². The molecule has 0 aromatic carbocycles. The van der Waals surface area contributed by atoms with E-state index in [0.29, 0.717) is 11.3 Å². The average molecular weight is 209 g/mol. The zero-order valence-electron chi connectivity index (χ0n) is 8.71. The predicted octanol–water partition coefficient (Wildman–Crippen LogP) is 0.883. The maximum absolute atomic E-state index is 11.1. The molecule has 0 unspecified atom stereocenters. The molecule has 0 bridgehead atoms. The minimum atomic E-state index is -0.880. The van der Waals surface area contributed by atoms with Gasteiger partial charge in [-0.1, -0.05) is 0 Å². The SMILES string of the molecule is Cc1[nH]nc(C2CCNCC2)c1C(=O)O. The highest BCUT2D eigenvalue weighted by molar-refractivity contribution is 5.90. The van der Waals surface area contributed by atoms with E-state index < -0.39 is 5.97 Å². The number of rotatable bonds is 2. The van der Waals surface area contributed by atoms with E-state index in [0.717, 1.165) is 31.6 Å². The predicted molar refractivity (Wildman–Crippen MR) is 55.1 cm³/mol. The number of hydrogen-bond donors (Lipinski definition) is 3. The lowest BCUT2D eigenvalue weighted by atomic mass is 9.91. The Bertz CT molecular complexity index is 367. The molecule has 5 nitrogen and oxygen atoms in total. The van der Waals surface area contributed by atoms with Gasteiger partial charge in [-0.05, 0) is 32.9 Å². The van der Waals surface area contributed by atoms with E-state index in [9.17, 15) is 4.79 Å². The fraction of sp³-hybridized carbons (Fsp3) is 0.600.